The highest BCUT2D eigenvalue weighted by Gasteiger charge is 2.36. The van der Waals surface area contributed by atoms with Crippen molar-refractivity contribution in [1.82, 2.24) is 20.0 Å². The SMILES string of the molecule is Cn1cc(CCN2C(=O)NC(=O)C2=O)cn1. The van der Waals surface area contributed by atoms with Crippen LogP contribution in [0.2, 0.25) is 0 Å². The van der Waals surface area contributed by atoms with Gasteiger partial charge >= 0.3 is 17.8 Å². The van der Waals surface area contributed by atoms with Crippen molar-refractivity contribution in [2.45, 2.75) is 6.42 Å². The lowest BCUT2D eigenvalue weighted by molar-refractivity contribution is -0.140. The molecule has 0 unspecified atom stereocenters. The molecule has 16 heavy (non-hydrogen) atoms. The van der Waals surface area contributed by atoms with Gasteiger partial charge in [0, 0.05) is 19.8 Å². The fraction of sp³-hybridized carbons (Fsp3) is 0.333. The third-order valence-electron chi connectivity index (χ3n) is 2.29. The highest BCUT2D eigenvalue weighted by Crippen LogP contribution is 2.04. The Bertz CT molecular complexity index is 465. The van der Waals surface area contributed by atoms with Gasteiger partial charge < -0.3 is 0 Å². The summed E-state index contributed by atoms with van der Waals surface area (Å²) in [4.78, 5) is 34.2. The van der Waals surface area contributed by atoms with E-state index in [0.29, 0.717) is 6.42 Å². The minimum Gasteiger partial charge on any atom is -0.276 e. The summed E-state index contributed by atoms with van der Waals surface area (Å²) in [5.74, 6) is -1.66. The second-order valence-electron chi connectivity index (χ2n) is 3.49. The molecule has 1 N–H and O–H groups in total. The van der Waals surface area contributed by atoms with Gasteiger partial charge in [-0.05, 0) is 12.0 Å². The van der Waals surface area contributed by atoms with E-state index in [-0.39, 0.29) is 6.54 Å². The van der Waals surface area contributed by atoms with E-state index in [1.54, 1.807) is 24.1 Å². The summed E-state index contributed by atoms with van der Waals surface area (Å²) in [7, 11) is 1.78. The Morgan fingerprint density at radius 2 is 2.12 bits per heavy atom. The van der Waals surface area contributed by atoms with Crippen LogP contribution in [-0.4, -0.2) is 39.1 Å². The van der Waals surface area contributed by atoms with Gasteiger partial charge in [0.05, 0.1) is 6.20 Å². The van der Waals surface area contributed by atoms with Crippen LogP contribution in [0.15, 0.2) is 12.4 Å². The fourth-order valence-corrected chi connectivity index (χ4v) is 1.48. The van der Waals surface area contributed by atoms with Gasteiger partial charge in [-0.2, -0.15) is 5.10 Å². The third kappa shape index (κ3) is 1.79. The predicted molar refractivity (Wildman–Crippen MR) is 52.2 cm³/mol. The van der Waals surface area contributed by atoms with E-state index in [1.807, 2.05) is 5.32 Å². The summed E-state index contributed by atoms with van der Waals surface area (Å²) >= 11 is 0. The number of carbonyl (C=O) groups excluding carboxylic acids is 3. The summed E-state index contributed by atoms with van der Waals surface area (Å²) in [6.45, 7) is 0.183. The molecule has 2 heterocycles. The highest BCUT2D eigenvalue weighted by atomic mass is 16.2. The van der Waals surface area contributed by atoms with Gasteiger partial charge in [0.1, 0.15) is 0 Å². The molecule has 0 saturated carbocycles. The van der Waals surface area contributed by atoms with Crippen LogP contribution in [0.25, 0.3) is 0 Å². The zero-order valence-electron chi connectivity index (χ0n) is 8.64. The number of hydrogen-bond acceptors (Lipinski definition) is 4. The third-order valence-corrected chi connectivity index (χ3v) is 2.29. The van der Waals surface area contributed by atoms with Crippen molar-refractivity contribution < 1.29 is 14.4 Å². The molecule has 1 fully saturated rings. The number of aromatic nitrogens is 2. The molecule has 0 aliphatic carbocycles. The Labute approximate surface area is 91.0 Å². The van der Waals surface area contributed by atoms with Crippen LogP contribution in [0.4, 0.5) is 4.79 Å². The minimum absolute atomic E-state index is 0.183. The number of carbonyl (C=O) groups is 3. The number of rotatable bonds is 3. The van der Waals surface area contributed by atoms with Crippen LogP contribution in [0.5, 0.6) is 0 Å². The Hall–Kier alpha value is -2.18. The molecule has 84 valence electrons. The molecule has 0 radical (unpaired) electrons. The average molecular weight is 222 g/mol. The fourth-order valence-electron chi connectivity index (χ4n) is 1.48. The van der Waals surface area contributed by atoms with Crippen molar-refractivity contribution in [2.75, 3.05) is 6.54 Å². The lowest BCUT2D eigenvalue weighted by atomic mass is 10.2. The summed E-state index contributed by atoms with van der Waals surface area (Å²) < 4.78 is 1.63. The lowest BCUT2D eigenvalue weighted by Crippen LogP contribution is -2.32. The van der Waals surface area contributed by atoms with E-state index in [2.05, 4.69) is 5.10 Å². The van der Waals surface area contributed by atoms with Gasteiger partial charge in [-0.3, -0.25) is 24.5 Å². The molecule has 1 saturated heterocycles. The molecule has 1 aromatic rings. The van der Waals surface area contributed by atoms with Gasteiger partial charge in [-0.15, -0.1) is 0 Å². The van der Waals surface area contributed by atoms with E-state index >= 15 is 0 Å². The number of amides is 4. The minimum atomic E-state index is -0.865. The highest BCUT2D eigenvalue weighted by molar-refractivity contribution is 6.44. The quantitative estimate of drug-likeness (QED) is 0.527. The molecule has 0 bridgehead atoms. The van der Waals surface area contributed by atoms with Crippen molar-refractivity contribution >= 4 is 17.8 Å². The Balaban J connectivity index is 1.98. The normalized spacial score (nSPS) is 15.8. The van der Waals surface area contributed by atoms with Crippen molar-refractivity contribution in [1.29, 1.82) is 0 Å². The maximum Gasteiger partial charge on any atom is 0.331 e. The summed E-state index contributed by atoms with van der Waals surface area (Å²) in [5, 5.41) is 5.90. The molecular weight excluding hydrogens is 212 g/mol. The average Bonchev–Trinajstić information content (AvgIpc) is 2.72. The first-order chi connectivity index (χ1) is 7.58. The first kappa shape index (κ1) is 10.3. The number of nitrogens with zero attached hydrogens (tertiary/aromatic N) is 3. The van der Waals surface area contributed by atoms with Crippen molar-refractivity contribution in [3.8, 4) is 0 Å². The number of hydrogen-bond donors (Lipinski definition) is 1. The topological polar surface area (TPSA) is 84.3 Å². The largest absolute Gasteiger partial charge is 0.331 e. The van der Waals surface area contributed by atoms with Crippen LogP contribution in [-0.2, 0) is 23.1 Å². The van der Waals surface area contributed by atoms with Crippen LogP contribution in [0.1, 0.15) is 5.56 Å². The van der Waals surface area contributed by atoms with Crippen molar-refractivity contribution in [3.05, 3.63) is 18.0 Å². The monoisotopic (exact) mass is 222 g/mol. The molecule has 0 atom stereocenters. The summed E-state index contributed by atoms with van der Waals surface area (Å²) in [6.07, 6.45) is 3.93. The molecule has 1 aliphatic heterocycles. The molecule has 2 rings (SSSR count). The number of urea groups is 1. The van der Waals surface area contributed by atoms with Crippen molar-refractivity contribution in [3.63, 3.8) is 0 Å². The zero-order chi connectivity index (χ0) is 11.7. The van der Waals surface area contributed by atoms with Crippen LogP contribution in [0.3, 0.4) is 0 Å². The van der Waals surface area contributed by atoms with Gasteiger partial charge in [0.25, 0.3) is 0 Å². The molecular formula is C9H10N4O3. The summed E-state index contributed by atoms with van der Waals surface area (Å²) in [6, 6.07) is -0.654. The van der Waals surface area contributed by atoms with Crippen LogP contribution < -0.4 is 5.32 Å². The number of imide groups is 2. The van der Waals surface area contributed by atoms with E-state index in [0.717, 1.165) is 10.5 Å². The first-order valence-electron chi connectivity index (χ1n) is 4.72. The molecule has 1 aliphatic rings. The van der Waals surface area contributed by atoms with E-state index < -0.39 is 17.8 Å². The molecule has 1 aromatic heterocycles. The number of nitrogens with one attached hydrogen (secondary N) is 1. The molecule has 0 spiro atoms. The lowest BCUT2D eigenvalue weighted by Gasteiger charge is -2.09. The molecule has 7 heteroatoms. The van der Waals surface area contributed by atoms with Gasteiger partial charge in [0.2, 0.25) is 0 Å². The van der Waals surface area contributed by atoms with Gasteiger partial charge in [-0.25, -0.2) is 4.79 Å². The number of aryl methyl sites for hydroxylation is 1. The maximum atomic E-state index is 11.2. The standard InChI is InChI=1S/C9H10N4O3/c1-12-5-6(4-10-12)2-3-13-8(15)7(14)11-9(13)16/h4-5H,2-3H2,1H3,(H,11,14,16). The predicted octanol–water partition coefficient (Wildman–Crippen LogP) is -0.959. The smallest absolute Gasteiger partial charge is 0.276 e. The maximum absolute atomic E-state index is 11.2. The van der Waals surface area contributed by atoms with Gasteiger partial charge in [-0.1, -0.05) is 0 Å². The van der Waals surface area contributed by atoms with E-state index in [9.17, 15) is 14.4 Å². The molecule has 7 nitrogen and oxygen atoms in total. The van der Waals surface area contributed by atoms with E-state index in [4.69, 9.17) is 0 Å². The Kier molecular flexibility index (Phi) is 2.43. The zero-order valence-corrected chi connectivity index (χ0v) is 8.64. The molecule has 4 amide bonds. The first-order valence-corrected chi connectivity index (χ1v) is 4.72. The van der Waals surface area contributed by atoms with Crippen molar-refractivity contribution in [2.24, 2.45) is 7.05 Å². The van der Waals surface area contributed by atoms with E-state index in [1.165, 1.54) is 0 Å². The Morgan fingerprint density at radius 3 is 2.62 bits per heavy atom. The van der Waals surface area contributed by atoms with Crippen LogP contribution in [0, 0.1) is 0 Å². The summed E-state index contributed by atoms with van der Waals surface area (Å²) in [5.41, 5.74) is 0.905. The Morgan fingerprint density at radius 1 is 1.38 bits per heavy atom. The van der Waals surface area contributed by atoms with Crippen LogP contribution >= 0.6 is 0 Å². The second kappa shape index (κ2) is 3.76. The molecule has 0 aromatic carbocycles. The van der Waals surface area contributed by atoms with Gasteiger partial charge in [0.15, 0.2) is 0 Å². The second-order valence-corrected chi connectivity index (χ2v) is 3.49.